The Kier molecular flexibility index (Phi) is 2.65. The maximum atomic E-state index is 10.8. The summed E-state index contributed by atoms with van der Waals surface area (Å²) >= 11 is 0. The smallest absolute Gasteiger partial charge is 0.277 e. The van der Waals surface area contributed by atoms with Crippen LogP contribution in [0.1, 0.15) is 5.56 Å². The van der Waals surface area contributed by atoms with Crippen LogP contribution in [-0.2, 0) is 6.61 Å². The Balaban J connectivity index is 2.62. The summed E-state index contributed by atoms with van der Waals surface area (Å²) in [6.07, 6.45) is 3.23. The molecule has 6 heteroatoms. The molecule has 2 rings (SSSR count). The lowest BCUT2D eigenvalue weighted by Crippen LogP contribution is -2.03. The van der Waals surface area contributed by atoms with Crippen molar-refractivity contribution >= 4 is 5.69 Å². The van der Waals surface area contributed by atoms with E-state index in [0.29, 0.717) is 5.69 Å². The van der Waals surface area contributed by atoms with Crippen LogP contribution in [-0.4, -0.2) is 19.8 Å². The van der Waals surface area contributed by atoms with Gasteiger partial charge in [0.05, 0.1) is 22.8 Å². The summed E-state index contributed by atoms with van der Waals surface area (Å²) in [6.45, 7) is -0.396. The molecule has 0 spiro atoms. The van der Waals surface area contributed by atoms with Crippen molar-refractivity contribution in [3.63, 3.8) is 0 Å². The van der Waals surface area contributed by atoms with Crippen LogP contribution in [0.25, 0.3) is 5.69 Å². The van der Waals surface area contributed by atoms with E-state index >= 15 is 0 Å². The molecule has 0 saturated heterocycles. The van der Waals surface area contributed by atoms with Crippen LogP contribution in [0.3, 0.4) is 0 Å². The largest absolute Gasteiger partial charge is 0.391 e. The number of aliphatic hydroxyl groups is 1. The Morgan fingerprint density at radius 3 is 2.81 bits per heavy atom. The fourth-order valence-electron chi connectivity index (χ4n) is 1.52. The minimum Gasteiger partial charge on any atom is -0.391 e. The zero-order valence-corrected chi connectivity index (χ0v) is 8.28. The van der Waals surface area contributed by atoms with Crippen LogP contribution < -0.4 is 0 Å². The van der Waals surface area contributed by atoms with E-state index in [1.54, 1.807) is 30.6 Å². The van der Waals surface area contributed by atoms with Crippen molar-refractivity contribution in [2.45, 2.75) is 6.61 Å². The van der Waals surface area contributed by atoms with E-state index in [0.717, 1.165) is 0 Å². The van der Waals surface area contributed by atoms with Crippen molar-refractivity contribution in [2.75, 3.05) is 0 Å². The number of hydrogen-bond acceptors (Lipinski definition) is 4. The van der Waals surface area contributed by atoms with E-state index in [-0.39, 0.29) is 11.3 Å². The van der Waals surface area contributed by atoms with Crippen LogP contribution in [0.15, 0.2) is 36.7 Å². The lowest BCUT2D eigenvalue weighted by molar-refractivity contribution is -0.385. The van der Waals surface area contributed by atoms with Gasteiger partial charge in [-0.2, -0.15) is 5.10 Å². The number of nitro groups is 1. The highest BCUT2D eigenvalue weighted by molar-refractivity contribution is 5.52. The quantitative estimate of drug-likeness (QED) is 0.622. The molecule has 1 aromatic heterocycles. The van der Waals surface area contributed by atoms with Crippen LogP contribution in [0.5, 0.6) is 0 Å². The lowest BCUT2D eigenvalue weighted by Gasteiger charge is -2.07. The molecule has 0 aliphatic heterocycles. The minimum atomic E-state index is -0.515. The number of nitrogens with zero attached hydrogens (tertiary/aromatic N) is 3. The first-order chi connectivity index (χ1) is 7.74. The zero-order chi connectivity index (χ0) is 11.5. The van der Waals surface area contributed by atoms with Gasteiger partial charge in [0.15, 0.2) is 0 Å². The van der Waals surface area contributed by atoms with Crippen molar-refractivity contribution in [1.29, 1.82) is 0 Å². The average molecular weight is 219 g/mol. The summed E-state index contributed by atoms with van der Waals surface area (Å²) in [5.41, 5.74) is 0.674. The Labute approximate surface area is 90.9 Å². The summed E-state index contributed by atoms with van der Waals surface area (Å²) in [4.78, 5) is 10.3. The van der Waals surface area contributed by atoms with Gasteiger partial charge in [-0.15, -0.1) is 0 Å². The molecule has 0 saturated carbocycles. The minimum absolute atomic E-state index is 0.101. The Morgan fingerprint density at radius 1 is 1.44 bits per heavy atom. The predicted molar refractivity (Wildman–Crippen MR) is 56.1 cm³/mol. The molecular formula is C10H9N3O3. The third-order valence-corrected chi connectivity index (χ3v) is 2.23. The van der Waals surface area contributed by atoms with Gasteiger partial charge in [-0.3, -0.25) is 10.1 Å². The maximum absolute atomic E-state index is 10.8. The molecular weight excluding hydrogens is 210 g/mol. The van der Waals surface area contributed by atoms with Crippen molar-refractivity contribution in [3.8, 4) is 5.69 Å². The molecule has 0 unspecified atom stereocenters. The lowest BCUT2D eigenvalue weighted by atomic mass is 10.1. The highest BCUT2D eigenvalue weighted by Gasteiger charge is 2.17. The Bertz CT molecular complexity index is 508. The predicted octanol–water partition coefficient (Wildman–Crippen LogP) is 1.27. The summed E-state index contributed by atoms with van der Waals surface area (Å²) in [5, 5.41) is 23.9. The second-order valence-electron chi connectivity index (χ2n) is 3.14. The van der Waals surface area contributed by atoms with E-state index < -0.39 is 11.5 Å². The van der Waals surface area contributed by atoms with Crippen molar-refractivity contribution < 1.29 is 10.0 Å². The van der Waals surface area contributed by atoms with Crippen molar-refractivity contribution in [2.24, 2.45) is 0 Å². The topological polar surface area (TPSA) is 81.2 Å². The molecule has 0 atom stereocenters. The third kappa shape index (κ3) is 1.66. The number of benzene rings is 1. The van der Waals surface area contributed by atoms with Gasteiger partial charge >= 0.3 is 0 Å². The van der Waals surface area contributed by atoms with Gasteiger partial charge < -0.3 is 5.11 Å². The summed E-state index contributed by atoms with van der Waals surface area (Å²) in [7, 11) is 0. The molecule has 0 aliphatic carbocycles. The summed E-state index contributed by atoms with van der Waals surface area (Å²) in [6, 6.07) is 6.30. The van der Waals surface area contributed by atoms with Gasteiger partial charge in [-0.05, 0) is 12.1 Å². The zero-order valence-electron chi connectivity index (χ0n) is 8.28. The Hall–Kier alpha value is -2.21. The SMILES string of the molecule is O=[N+]([O-])c1cccc(-n2cccn2)c1CO. The van der Waals surface area contributed by atoms with Crippen LogP contribution in [0.2, 0.25) is 0 Å². The highest BCUT2D eigenvalue weighted by atomic mass is 16.6. The number of aromatic nitrogens is 2. The second kappa shape index (κ2) is 4.11. The molecule has 1 aromatic carbocycles. The average Bonchev–Trinajstić information content (AvgIpc) is 2.81. The third-order valence-electron chi connectivity index (χ3n) is 2.23. The number of aliphatic hydroxyl groups excluding tert-OH is 1. The number of hydrogen-bond donors (Lipinski definition) is 1. The van der Waals surface area contributed by atoms with Crippen molar-refractivity contribution in [1.82, 2.24) is 9.78 Å². The molecule has 0 amide bonds. The fourth-order valence-corrected chi connectivity index (χ4v) is 1.52. The second-order valence-corrected chi connectivity index (χ2v) is 3.14. The van der Waals surface area contributed by atoms with E-state index in [1.165, 1.54) is 10.7 Å². The van der Waals surface area contributed by atoms with E-state index in [4.69, 9.17) is 0 Å². The van der Waals surface area contributed by atoms with Crippen molar-refractivity contribution in [3.05, 3.63) is 52.3 Å². The molecule has 2 aromatic rings. The standard InChI is InChI=1S/C10H9N3O3/c14-7-8-9(12-6-2-5-11-12)3-1-4-10(8)13(15)16/h1-6,14H,7H2. The van der Waals surface area contributed by atoms with Gasteiger partial charge in [0.25, 0.3) is 5.69 Å². The summed E-state index contributed by atoms with van der Waals surface area (Å²) in [5.74, 6) is 0. The molecule has 1 N–H and O–H groups in total. The van der Waals surface area contributed by atoms with Crippen LogP contribution in [0.4, 0.5) is 5.69 Å². The molecule has 6 nitrogen and oxygen atoms in total. The normalized spacial score (nSPS) is 10.3. The monoisotopic (exact) mass is 219 g/mol. The molecule has 82 valence electrons. The Morgan fingerprint density at radius 2 is 2.25 bits per heavy atom. The molecule has 16 heavy (non-hydrogen) atoms. The van der Waals surface area contributed by atoms with E-state index in [1.807, 2.05) is 0 Å². The first-order valence-corrected chi connectivity index (χ1v) is 4.61. The van der Waals surface area contributed by atoms with Gasteiger partial charge in [-0.25, -0.2) is 4.68 Å². The van der Waals surface area contributed by atoms with E-state index in [9.17, 15) is 15.2 Å². The molecule has 0 radical (unpaired) electrons. The van der Waals surface area contributed by atoms with Gasteiger partial charge in [-0.1, -0.05) is 6.07 Å². The molecule has 0 fully saturated rings. The molecule has 1 heterocycles. The first kappa shape index (κ1) is 10.3. The molecule has 0 bridgehead atoms. The van der Waals surface area contributed by atoms with Gasteiger partial charge in [0.1, 0.15) is 0 Å². The summed E-state index contributed by atoms with van der Waals surface area (Å²) < 4.78 is 1.48. The fraction of sp³-hybridized carbons (Fsp3) is 0.100. The number of rotatable bonds is 3. The number of nitro benzene ring substituents is 1. The van der Waals surface area contributed by atoms with Crippen LogP contribution in [0, 0.1) is 10.1 Å². The van der Waals surface area contributed by atoms with Gasteiger partial charge in [0.2, 0.25) is 0 Å². The molecule has 0 aliphatic rings. The maximum Gasteiger partial charge on any atom is 0.277 e. The highest BCUT2D eigenvalue weighted by Crippen LogP contribution is 2.24. The van der Waals surface area contributed by atoms with E-state index in [2.05, 4.69) is 5.10 Å². The first-order valence-electron chi connectivity index (χ1n) is 4.61. The van der Waals surface area contributed by atoms with Gasteiger partial charge in [0, 0.05) is 18.5 Å². The van der Waals surface area contributed by atoms with Crippen LogP contribution >= 0.6 is 0 Å².